The number of hydrogen-bond acceptors (Lipinski definition) is 4. The zero-order valence-corrected chi connectivity index (χ0v) is 17.7. The highest BCUT2D eigenvalue weighted by atomic mass is 16.6. The van der Waals surface area contributed by atoms with Gasteiger partial charge in [0.2, 0.25) is 5.91 Å². The smallest absolute Gasteiger partial charge is 0.272 e. The maximum Gasteiger partial charge on any atom is 0.272 e. The molecular weight excluding hydrogens is 394 g/mol. The second-order valence-corrected chi connectivity index (χ2v) is 8.63. The lowest BCUT2D eigenvalue weighted by molar-refractivity contribution is -0.385. The Morgan fingerprint density at radius 2 is 1.90 bits per heavy atom. The summed E-state index contributed by atoms with van der Waals surface area (Å²) >= 11 is 0. The van der Waals surface area contributed by atoms with Crippen LogP contribution in [0.4, 0.5) is 5.69 Å². The highest BCUT2D eigenvalue weighted by Gasteiger charge is 2.40. The van der Waals surface area contributed by atoms with Gasteiger partial charge in [-0.25, -0.2) is 0 Å². The number of amides is 2. The van der Waals surface area contributed by atoms with E-state index in [9.17, 15) is 19.7 Å². The van der Waals surface area contributed by atoms with Crippen molar-refractivity contribution in [1.29, 1.82) is 0 Å². The lowest BCUT2D eigenvalue weighted by Gasteiger charge is -2.43. The first-order valence-corrected chi connectivity index (χ1v) is 10.8. The van der Waals surface area contributed by atoms with Gasteiger partial charge >= 0.3 is 0 Å². The number of carbonyl (C=O) groups excluding carboxylic acids is 2. The SMILES string of the molecule is Cc1cc(C(=O)N2CCCC2C(=O)NCC2(c3ccccc3)CCC2)ccc1[N+](=O)[O-]. The number of nitrogens with one attached hydrogen (secondary N) is 1. The average molecular weight is 421 g/mol. The summed E-state index contributed by atoms with van der Waals surface area (Å²) in [6, 6.07) is 14.1. The Bertz CT molecular complexity index is 1000. The van der Waals surface area contributed by atoms with Crippen molar-refractivity contribution in [2.75, 3.05) is 13.1 Å². The number of benzene rings is 2. The molecular formula is C24H27N3O4. The van der Waals surface area contributed by atoms with Crippen molar-refractivity contribution in [3.8, 4) is 0 Å². The van der Waals surface area contributed by atoms with Crippen molar-refractivity contribution in [2.45, 2.75) is 50.5 Å². The van der Waals surface area contributed by atoms with Crippen molar-refractivity contribution >= 4 is 17.5 Å². The van der Waals surface area contributed by atoms with Crippen LogP contribution in [-0.2, 0) is 10.2 Å². The fourth-order valence-electron chi connectivity index (χ4n) is 4.78. The Hall–Kier alpha value is -3.22. The van der Waals surface area contributed by atoms with Crippen LogP contribution >= 0.6 is 0 Å². The van der Waals surface area contributed by atoms with E-state index in [-0.39, 0.29) is 22.9 Å². The second-order valence-electron chi connectivity index (χ2n) is 8.63. The van der Waals surface area contributed by atoms with Gasteiger partial charge in [0, 0.05) is 35.7 Å². The van der Waals surface area contributed by atoms with Gasteiger partial charge < -0.3 is 10.2 Å². The van der Waals surface area contributed by atoms with Crippen molar-refractivity contribution in [3.05, 3.63) is 75.3 Å². The summed E-state index contributed by atoms with van der Waals surface area (Å²) in [6.45, 7) is 2.70. The van der Waals surface area contributed by atoms with Crippen LogP contribution in [0.5, 0.6) is 0 Å². The number of aryl methyl sites for hydroxylation is 1. The topological polar surface area (TPSA) is 92.6 Å². The number of hydrogen-bond donors (Lipinski definition) is 1. The number of nitro groups is 1. The Morgan fingerprint density at radius 3 is 2.52 bits per heavy atom. The van der Waals surface area contributed by atoms with Crippen molar-refractivity contribution < 1.29 is 14.5 Å². The molecule has 0 bridgehead atoms. The molecule has 7 heteroatoms. The van der Waals surface area contributed by atoms with E-state index in [1.165, 1.54) is 23.8 Å². The van der Waals surface area contributed by atoms with Crippen LogP contribution in [0.15, 0.2) is 48.5 Å². The van der Waals surface area contributed by atoms with E-state index >= 15 is 0 Å². The van der Waals surface area contributed by atoms with Gasteiger partial charge in [-0.3, -0.25) is 19.7 Å². The van der Waals surface area contributed by atoms with Crippen LogP contribution in [0, 0.1) is 17.0 Å². The monoisotopic (exact) mass is 421 g/mol. The molecule has 2 fully saturated rings. The molecule has 1 atom stereocenters. The normalized spacial score (nSPS) is 19.5. The molecule has 0 spiro atoms. The molecule has 7 nitrogen and oxygen atoms in total. The van der Waals surface area contributed by atoms with Gasteiger partial charge in [0.05, 0.1) is 4.92 Å². The molecule has 162 valence electrons. The quantitative estimate of drug-likeness (QED) is 0.568. The predicted octanol–water partition coefficient (Wildman–Crippen LogP) is 3.75. The summed E-state index contributed by atoms with van der Waals surface area (Å²) in [5.41, 5.74) is 2.04. The third-order valence-electron chi connectivity index (χ3n) is 6.75. The predicted molar refractivity (Wildman–Crippen MR) is 117 cm³/mol. The van der Waals surface area contributed by atoms with E-state index < -0.39 is 11.0 Å². The summed E-state index contributed by atoms with van der Waals surface area (Å²) in [7, 11) is 0. The molecule has 4 rings (SSSR count). The van der Waals surface area contributed by atoms with Crippen molar-refractivity contribution in [2.24, 2.45) is 0 Å². The van der Waals surface area contributed by atoms with E-state index in [1.54, 1.807) is 11.8 Å². The van der Waals surface area contributed by atoms with Crippen LogP contribution in [0.3, 0.4) is 0 Å². The Morgan fingerprint density at radius 1 is 1.16 bits per heavy atom. The highest BCUT2D eigenvalue weighted by molar-refractivity contribution is 5.98. The molecule has 1 aliphatic heterocycles. The standard InChI is InChI=1S/C24H27N3O4/c1-17-15-18(10-11-20(17)27(30)31)23(29)26-14-5-9-21(26)22(28)25-16-24(12-6-13-24)19-7-3-2-4-8-19/h2-4,7-8,10-11,15,21H,5-6,9,12-14,16H2,1H3,(H,25,28). The molecule has 2 aromatic carbocycles. The van der Waals surface area contributed by atoms with E-state index in [1.807, 2.05) is 18.2 Å². The molecule has 2 amide bonds. The highest BCUT2D eigenvalue weighted by Crippen LogP contribution is 2.43. The molecule has 1 unspecified atom stereocenters. The van der Waals surface area contributed by atoms with Gasteiger partial charge in [0.25, 0.3) is 11.6 Å². The van der Waals surface area contributed by atoms with Gasteiger partial charge in [0.15, 0.2) is 0 Å². The minimum Gasteiger partial charge on any atom is -0.353 e. The molecule has 1 heterocycles. The third-order valence-corrected chi connectivity index (χ3v) is 6.75. The molecule has 1 N–H and O–H groups in total. The number of nitrogens with zero attached hydrogens (tertiary/aromatic N) is 2. The van der Waals surface area contributed by atoms with Crippen LogP contribution in [0.2, 0.25) is 0 Å². The molecule has 1 saturated heterocycles. The van der Waals surface area contributed by atoms with Gasteiger partial charge in [-0.15, -0.1) is 0 Å². The first kappa shape index (κ1) is 21.0. The Labute approximate surface area is 181 Å². The maximum atomic E-state index is 13.1. The molecule has 31 heavy (non-hydrogen) atoms. The van der Waals surface area contributed by atoms with Crippen LogP contribution in [0.25, 0.3) is 0 Å². The summed E-state index contributed by atoms with van der Waals surface area (Å²) in [6.07, 6.45) is 4.64. The van der Waals surface area contributed by atoms with E-state index in [0.29, 0.717) is 30.6 Å². The second kappa shape index (κ2) is 8.49. The molecule has 1 aliphatic carbocycles. The van der Waals surface area contributed by atoms with Gasteiger partial charge in [-0.2, -0.15) is 0 Å². The first-order valence-electron chi connectivity index (χ1n) is 10.8. The largest absolute Gasteiger partial charge is 0.353 e. The summed E-state index contributed by atoms with van der Waals surface area (Å²) in [5.74, 6) is -0.372. The average Bonchev–Trinajstić information content (AvgIpc) is 3.22. The van der Waals surface area contributed by atoms with Gasteiger partial charge in [0.1, 0.15) is 6.04 Å². The molecule has 2 aromatic rings. The number of rotatable bonds is 6. The molecule has 1 saturated carbocycles. The van der Waals surface area contributed by atoms with Crippen LogP contribution in [0.1, 0.15) is 53.6 Å². The lowest BCUT2D eigenvalue weighted by atomic mass is 9.64. The Balaban J connectivity index is 1.44. The summed E-state index contributed by atoms with van der Waals surface area (Å²) in [4.78, 5) is 38.3. The number of nitro benzene ring substituents is 1. The first-order chi connectivity index (χ1) is 14.9. The van der Waals surface area contributed by atoms with Crippen molar-refractivity contribution in [3.63, 3.8) is 0 Å². The summed E-state index contributed by atoms with van der Waals surface area (Å²) in [5, 5.41) is 14.2. The third kappa shape index (κ3) is 4.04. The zero-order valence-electron chi connectivity index (χ0n) is 17.7. The zero-order chi connectivity index (χ0) is 22.0. The minimum absolute atomic E-state index is 0.0140. The van der Waals surface area contributed by atoms with Crippen molar-refractivity contribution in [1.82, 2.24) is 10.2 Å². The van der Waals surface area contributed by atoms with E-state index in [2.05, 4.69) is 17.4 Å². The molecule has 0 aromatic heterocycles. The number of carbonyl (C=O) groups is 2. The van der Waals surface area contributed by atoms with Crippen LogP contribution < -0.4 is 5.32 Å². The fourth-order valence-corrected chi connectivity index (χ4v) is 4.78. The minimum atomic E-state index is -0.504. The van der Waals surface area contributed by atoms with E-state index in [4.69, 9.17) is 0 Å². The fraction of sp³-hybridized carbons (Fsp3) is 0.417. The van der Waals surface area contributed by atoms with E-state index in [0.717, 1.165) is 25.7 Å². The van der Waals surface area contributed by atoms with Gasteiger partial charge in [-0.1, -0.05) is 36.8 Å². The maximum absolute atomic E-state index is 13.1. The number of likely N-dealkylation sites (tertiary alicyclic amines) is 1. The summed E-state index contributed by atoms with van der Waals surface area (Å²) < 4.78 is 0. The van der Waals surface area contributed by atoms with Crippen LogP contribution in [-0.4, -0.2) is 40.8 Å². The molecule has 2 aliphatic rings. The lowest BCUT2D eigenvalue weighted by Crippen LogP contribution is -2.51. The van der Waals surface area contributed by atoms with Gasteiger partial charge in [-0.05, 0) is 50.3 Å². The Kier molecular flexibility index (Phi) is 5.76. The molecule has 0 radical (unpaired) electrons.